The summed E-state index contributed by atoms with van der Waals surface area (Å²) >= 11 is 0. The zero-order valence-electron chi connectivity index (χ0n) is 15.9. The molecule has 1 rings (SSSR count). The molecule has 142 valence electrons. The molecule has 0 spiro atoms. The number of carbonyl (C=O) groups excluding carboxylic acids is 1. The fraction of sp³-hybridized carbons (Fsp3) is 0.889. The molecule has 0 bridgehead atoms. The van der Waals surface area contributed by atoms with E-state index in [-0.39, 0.29) is 29.9 Å². The van der Waals surface area contributed by atoms with Crippen LogP contribution in [0.25, 0.3) is 0 Å². The Kier molecular flexibility index (Phi) is 13.4. The van der Waals surface area contributed by atoms with Crippen molar-refractivity contribution < 1.29 is 4.79 Å². The van der Waals surface area contributed by atoms with E-state index < -0.39 is 0 Å². The van der Waals surface area contributed by atoms with Crippen molar-refractivity contribution in [3.63, 3.8) is 0 Å². The number of carbonyl (C=O) groups is 1. The van der Waals surface area contributed by atoms with E-state index in [1.807, 2.05) is 0 Å². The summed E-state index contributed by atoms with van der Waals surface area (Å²) < 4.78 is 0. The van der Waals surface area contributed by atoms with Crippen molar-refractivity contribution in [2.24, 2.45) is 16.8 Å². The zero-order chi connectivity index (χ0) is 17.1. The van der Waals surface area contributed by atoms with Crippen molar-refractivity contribution in [1.82, 2.24) is 16.0 Å². The smallest absolute Gasteiger partial charge is 0.220 e. The van der Waals surface area contributed by atoms with Gasteiger partial charge in [-0.3, -0.25) is 9.79 Å². The summed E-state index contributed by atoms with van der Waals surface area (Å²) in [5, 5.41) is 9.65. The molecule has 1 fully saturated rings. The van der Waals surface area contributed by atoms with E-state index in [1.54, 1.807) is 0 Å². The Bertz CT molecular complexity index is 368. The maximum Gasteiger partial charge on any atom is 0.220 e. The van der Waals surface area contributed by atoms with E-state index in [9.17, 15) is 4.79 Å². The molecule has 1 aliphatic rings. The van der Waals surface area contributed by atoms with Gasteiger partial charge < -0.3 is 16.0 Å². The Balaban J connectivity index is 0.00000529. The van der Waals surface area contributed by atoms with Crippen LogP contribution in [0, 0.1) is 11.8 Å². The van der Waals surface area contributed by atoms with Gasteiger partial charge in [0.15, 0.2) is 5.96 Å². The van der Waals surface area contributed by atoms with Gasteiger partial charge in [0.2, 0.25) is 5.91 Å². The monoisotopic (exact) mass is 452 g/mol. The molecule has 3 N–H and O–H groups in total. The Morgan fingerprint density at radius 3 is 2.38 bits per heavy atom. The first-order valence-corrected chi connectivity index (χ1v) is 9.34. The molecule has 0 aromatic heterocycles. The minimum atomic E-state index is 0. The van der Waals surface area contributed by atoms with Gasteiger partial charge in [-0.05, 0) is 38.5 Å². The molecule has 0 aromatic carbocycles. The van der Waals surface area contributed by atoms with Crippen LogP contribution in [0.2, 0.25) is 0 Å². The Morgan fingerprint density at radius 1 is 1.12 bits per heavy atom. The van der Waals surface area contributed by atoms with Crippen LogP contribution >= 0.6 is 24.0 Å². The number of halogens is 1. The minimum Gasteiger partial charge on any atom is -0.357 e. The quantitative estimate of drug-likeness (QED) is 0.229. The second kappa shape index (κ2) is 13.7. The van der Waals surface area contributed by atoms with Crippen LogP contribution in [-0.2, 0) is 4.79 Å². The second-order valence-corrected chi connectivity index (χ2v) is 7.00. The summed E-state index contributed by atoms with van der Waals surface area (Å²) in [6.07, 6.45) is 7.02. The topological polar surface area (TPSA) is 65.5 Å². The molecule has 0 heterocycles. The Morgan fingerprint density at radius 2 is 1.79 bits per heavy atom. The molecular weight excluding hydrogens is 415 g/mol. The standard InChI is InChI=1S/C18H36N4O.HI/c1-5-19-18(22-15(4)14(2)3)21-12-11-20-17(23)13-16-9-7-6-8-10-16;/h14-16H,5-13H2,1-4H3,(H,20,23)(H2,19,21,22);1H. The minimum absolute atomic E-state index is 0. The highest BCUT2D eigenvalue weighted by Gasteiger charge is 2.16. The van der Waals surface area contributed by atoms with Gasteiger partial charge in [-0.15, -0.1) is 24.0 Å². The summed E-state index contributed by atoms with van der Waals surface area (Å²) in [5.74, 6) is 2.16. The van der Waals surface area contributed by atoms with Crippen LogP contribution < -0.4 is 16.0 Å². The van der Waals surface area contributed by atoms with Crippen molar-refractivity contribution in [3.05, 3.63) is 0 Å². The highest BCUT2D eigenvalue weighted by molar-refractivity contribution is 14.0. The molecule has 0 aliphatic heterocycles. The van der Waals surface area contributed by atoms with E-state index in [1.165, 1.54) is 32.1 Å². The number of amides is 1. The lowest BCUT2D eigenvalue weighted by atomic mass is 9.87. The van der Waals surface area contributed by atoms with E-state index in [0.717, 1.165) is 12.5 Å². The zero-order valence-corrected chi connectivity index (χ0v) is 18.2. The molecule has 6 heteroatoms. The average Bonchev–Trinajstić information content (AvgIpc) is 2.52. The molecular formula is C18H37IN4O. The molecule has 1 atom stereocenters. The number of aliphatic imine (C=N–C) groups is 1. The first kappa shape index (κ1) is 23.5. The van der Waals surface area contributed by atoms with Crippen molar-refractivity contribution in [3.8, 4) is 0 Å². The number of nitrogens with one attached hydrogen (secondary N) is 3. The first-order valence-electron chi connectivity index (χ1n) is 9.34. The third kappa shape index (κ3) is 10.4. The number of hydrogen-bond donors (Lipinski definition) is 3. The fourth-order valence-electron chi connectivity index (χ4n) is 2.79. The van der Waals surface area contributed by atoms with Crippen molar-refractivity contribution in [2.45, 2.75) is 72.3 Å². The van der Waals surface area contributed by atoms with Gasteiger partial charge in [-0.25, -0.2) is 0 Å². The number of rotatable bonds is 8. The van der Waals surface area contributed by atoms with E-state index >= 15 is 0 Å². The third-order valence-electron chi connectivity index (χ3n) is 4.61. The van der Waals surface area contributed by atoms with E-state index in [4.69, 9.17) is 0 Å². The SMILES string of the molecule is CCNC(=NCCNC(=O)CC1CCCCC1)NC(C)C(C)C.I. The molecule has 1 saturated carbocycles. The summed E-state index contributed by atoms with van der Waals surface area (Å²) in [6.45, 7) is 10.6. The maximum absolute atomic E-state index is 12.0. The molecule has 0 radical (unpaired) electrons. The summed E-state index contributed by atoms with van der Waals surface area (Å²) in [4.78, 5) is 16.5. The van der Waals surface area contributed by atoms with Gasteiger partial charge in [0.1, 0.15) is 0 Å². The van der Waals surface area contributed by atoms with Crippen LogP contribution in [0.4, 0.5) is 0 Å². The summed E-state index contributed by atoms with van der Waals surface area (Å²) in [5.41, 5.74) is 0. The largest absolute Gasteiger partial charge is 0.357 e. The highest BCUT2D eigenvalue weighted by Crippen LogP contribution is 2.25. The Labute approximate surface area is 165 Å². The summed E-state index contributed by atoms with van der Waals surface area (Å²) in [7, 11) is 0. The molecule has 1 unspecified atom stereocenters. The molecule has 0 aromatic rings. The molecule has 5 nitrogen and oxygen atoms in total. The number of guanidine groups is 1. The number of hydrogen-bond acceptors (Lipinski definition) is 2. The second-order valence-electron chi connectivity index (χ2n) is 7.00. The van der Waals surface area contributed by atoms with Gasteiger partial charge in [0.25, 0.3) is 0 Å². The first-order chi connectivity index (χ1) is 11.0. The molecule has 1 aliphatic carbocycles. The van der Waals surface area contributed by atoms with Crippen LogP contribution in [0.3, 0.4) is 0 Å². The summed E-state index contributed by atoms with van der Waals surface area (Å²) in [6, 6.07) is 0.369. The lowest BCUT2D eigenvalue weighted by Gasteiger charge is -2.21. The van der Waals surface area contributed by atoms with Gasteiger partial charge in [0, 0.05) is 25.6 Å². The van der Waals surface area contributed by atoms with E-state index in [2.05, 4.69) is 48.6 Å². The predicted molar refractivity (Wildman–Crippen MR) is 113 cm³/mol. The van der Waals surface area contributed by atoms with Gasteiger partial charge in [0.05, 0.1) is 6.54 Å². The average molecular weight is 452 g/mol. The van der Waals surface area contributed by atoms with Gasteiger partial charge in [-0.1, -0.05) is 33.1 Å². The van der Waals surface area contributed by atoms with Crippen LogP contribution in [0.15, 0.2) is 4.99 Å². The maximum atomic E-state index is 12.0. The third-order valence-corrected chi connectivity index (χ3v) is 4.61. The van der Waals surface area contributed by atoms with Gasteiger partial charge in [-0.2, -0.15) is 0 Å². The van der Waals surface area contributed by atoms with Gasteiger partial charge >= 0.3 is 0 Å². The highest BCUT2D eigenvalue weighted by atomic mass is 127. The predicted octanol–water partition coefficient (Wildman–Crippen LogP) is 3.29. The fourth-order valence-corrected chi connectivity index (χ4v) is 2.79. The molecule has 0 saturated heterocycles. The molecule has 1 amide bonds. The lowest BCUT2D eigenvalue weighted by Crippen LogP contribution is -2.44. The van der Waals surface area contributed by atoms with Crippen molar-refractivity contribution in [1.29, 1.82) is 0 Å². The lowest BCUT2D eigenvalue weighted by molar-refractivity contribution is -0.122. The van der Waals surface area contributed by atoms with Crippen LogP contribution in [-0.4, -0.2) is 37.5 Å². The number of nitrogens with zero attached hydrogens (tertiary/aromatic N) is 1. The Hall–Kier alpha value is -0.530. The van der Waals surface area contributed by atoms with Crippen LogP contribution in [0.5, 0.6) is 0 Å². The van der Waals surface area contributed by atoms with E-state index in [0.29, 0.717) is 37.4 Å². The normalized spacial score (nSPS) is 17.1. The molecule has 24 heavy (non-hydrogen) atoms. The van der Waals surface area contributed by atoms with Crippen molar-refractivity contribution in [2.75, 3.05) is 19.6 Å². The van der Waals surface area contributed by atoms with Crippen molar-refractivity contribution >= 4 is 35.8 Å². The van der Waals surface area contributed by atoms with Crippen LogP contribution in [0.1, 0.15) is 66.2 Å².